The van der Waals surface area contributed by atoms with Gasteiger partial charge in [-0.1, -0.05) is 60.7 Å². The molecule has 9 heteroatoms. The van der Waals surface area contributed by atoms with E-state index in [0.29, 0.717) is 40.1 Å². The Kier molecular flexibility index (Phi) is 9.77. The van der Waals surface area contributed by atoms with E-state index in [1.165, 1.54) is 24.4 Å². The zero-order valence-corrected chi connectivity index (χ0v) is 24.5. The fourth-order valence-corrected chi connectivity index (χ4v) is 4.77. The van der Waals surface area contributed by atoms with Gasteiger partial charge in [-0.05, 0) is 55.1 Å². The van der Waals surface area contributed by atoms with Gasteiger partial charge in [0.15, 0.2) is 0 Å². The Balaban J connectivity index is 1.46. The number of rotatable bonds is 12. The monoisotopic (exact) mass is 589 g/mol. The Labute approximate surface area is 255 Å². The minimum absolute atomic E-state index is 0.222. The van der Waals surface area contributed by atoms with Crippen molar-refractivity contribution in [2.24, 2.45) is 0 Å². The van der Waals surface area contributed by atoms with Crippen LogP contribution in [0.5, 0.6) is 0 Å². The molecular formula is C35H32FN5O3. The van der Waals surface area contributed by atoms with Gasteiger partial charge in [0.05, 0.1) is 42.1 Å². The minimum Gasteiger partial charge on any atom is -0.445 e. The van der Waals surface area contributed by atoms with Crippen LogP contribution in [0.2, 0.25) is 0 Å². The highest BCUT2D eigenvalue weighted by molar-refractivity contribution is 6.04. The lowest BCUT2D eigenvalue weighted by Gasteiger charge is -2.22. The zero-order valence-electron chi connectivity index (χ0n) is 24.5. The third-order valence-corrected chi connectivity index (χ3v) is 6.87. The highest BCUT2D eigenvalue weighted by Crippen LogP contribution is 2.39. The lowest BCUT2D eigenvalue weighted by molar-refractivity contribution is -0.111. The molecule has 5 rings (SSSR count). The molecule has 1 amide bonds. The van der Waals surface area contributed by atoms with Crippen LogP contribution in [0.15, 0.2) is 108 Å². The van der Waals surface area contributed by atoms with Crippen LogP contribution in [0.4, 0.5) is 15.8 Å². The van der Waals surface area contributed by atoms with Crippen LogP contribution >= 0.6 is 0 Å². The van der Waals surface area contributed by atoms with Gasteiger partial charge < -0.3 is 24.7 Å². The van der Waals surface area contributed by atoms with E-state index < -0.39 is 0 Å². The highest BCUT2D eigenvalue weighted by Gasteiger charge is 2.21. The second-order valence-corrected chi connectivity index (χ2v) is 10.5. The van der Waals surface area contributed by atoms with Crippen molar-refractivity contribution >= 4 is 28.4 Å². The van der Waals surface area contributed by atoms with Gasteiger partial charge in [0.25, 0.3) is 0 Å². The molecule has 222 valence electrons. The fraction of sp³-hybridized carbons (Fsp3) is 0.171. The molecule has 2 heterocycles. The van der Waals surface area contributed by atoms with Crippen LogP contribution in [0.1, 0.15) is 22.7 Å². The second-order valence-electron chi connectivity index (χ2n) is 10.5. The van der Waals surface area contributed by atoms with E-state index in [0.717, 1.165) is 16.7 Å². The summed E-state index contributed by atoms with van der Waals surface area (Å²) in [4.78, 5) is 18.8. The third kappa shape index (κ3) is 7.55. The lowest BCUT2D eigenvalue weighted by Crippen LogP contribution is -2.18. The van der Waals surface area contributed by atoms with Gasteiger partial charge in [0.1, 0.15) is 18.1 Å². The molecule has 44 heavy (non-hydrogen) atoms. The Morgan fingerprint density at radius 1 is 1.11 bits per heavy atom. The number of halogens is 1. The van der Waals surface area contributed by atoms with Crippen molar-refractivity contribution in [1.29, 1.82) is 5.26 Å². The number of likely N-dealkylation sites (N-methyl/N-ethyl adjacent to an activating group) is 1. The van der Waals surface area contributed by atoms with E-state index >= 15 is 0 Å². The SMILES string of the molecule is CN(C)C/C=C/C(=O)Nc1cccc(-c2coc3ncc(C#N)c(N[C@H](COCc4cccc(F)c4)c4ccccc4)c23)c1. The van der Waals surface area contributed by atoms with Crippen molar-refractivity contribution in [3.8, 4) is 17.2 Å². The van der Waals surface area contributed by atoms with Gasteiger partial charge in [-0.25, -0.2) is 9.37 Å². The first kappa shape index (κ1) is 30.2. The van der Waals surface area contributed by atoms with Crippen LogP contribution in [-0.2, 0) is 16.1 Å². The maximum atomic E-state index is 13.7. The van der Waals surface area contributed by atoms with Gasteiger partial charge >= 0.3 is 0 Å². The number of carbonyl (C=O) groups excluding carboxylic acids is 1. The number of fused-ring (bicyclic) bond motifs is 1. The summed E-state index contributed by atoms with van der Waals surface area (Å²) in [6.07, 6.45) is 6.37. The molecule has 0 aliphatic heterocycles. The van der Waals surface area contributed by atoms with Crippen molar-refractivity contribution in [2.75, 3.05) is 37.9 Å². The van der Waals surface area contributed by atoms with Crippen molar-refractivity contribution in [3.05, 3.63) is 126 Å². The molecule has 3 aromatic carbocycles. The minimum atomic E-state index is -0.357. The zero-order chi connectivity index (χ0) is 30.9. The number of nitrogens with one attached hydrogen (secondary N) is 2. The average molecular weight is 590 g/mol. The number of nitriles is 1. The first-order valence-electron chi connectivity index (χ1n) is 14.1. The largest absolute Gasteiger partial charge is 0.445 e. The van der Waals surface area contributed by atoms with Crippen LogP contribution in [0.3, 0.4) is 0 Å². The summed E-state index contributed by atoms with van der Waals surface area (Å²) in [6.45, 7) is 1.11. The van der Waals surface area contributed by atoms with E-state index in [4.69, 9.17) is 9.15 Å². The van der Waals surface area contributed by atoms with Gasteiger partial charge in [-0.3, -0.25) is 4.79 Å². The van der Waals surface area contributed by atoms with Crippen molar-refractivity contribution in [1.82, 2.24) is 9.88 Å². The normalized spacial score (nSPS) is 12.0. The quantitative estimate of drug-likeness (QED) is 0.152. The van der Waals surface area contributed by atoms with Crippen LogP contribution in [0, 0.1) is 17.1 Å². The highest BCUT2D eigenvalue weighted by atomic mass is 19.1. The molecule has 2 aromatic heterocycles. The van der Waals surface area contributed by atoms with E-state index in [1.807, 2.05) is 79.7 Å². The average Bonchev–Trinajstić information content (AvgIpc) is 3.46. The molecule has 8 nitrogen and oxygen atoms in total. The molecule has 1 atom stereocenters. The molecule has 0 saturated carbocycles. The first-order chi connectivity index (χ1) is 21.4. The maximum Gasteiger partial charge on any atom is 0.248 e. The summed E-state index contributed by atoms with van der Waals surface area (Å²) >= 11 is 0. The summed E-state index contributed by atoms with van der Waals surface area (Å²) in [6, 6.07) is 25.3. The number of carbonyl (C=O) groups is 1. The van der Waals surface area contributed by atoms with E-state index in [-0.39, 0.29) is 31.0 Å². The van der Waals surface area contributed by atoms with Gasteiger partial charge in [-0.2, -0.15) is 5.26 Å². The lowest BCUT2D eigenvalue weighted by atomic mass is 10.0. The first-order valence-corrected chi connectivity index (χ1v) is 14.1. The number of nitrogens with zero attached hydrogens (tertiary/aromatic N) is 3. The Morgan fingerprint density at radius 2 is 1.93 bits per heavy atom. The molecule has 2 N–H and O–H groups in total. The Morgan fingerprint density at radius 3 is 2.70 bits per heavy atom. The van der Waals surface area contributed by atoms with Crippen LogP contribution in [-0.4, -0.2) is 43.0 Å². The number of benzene rings is 3. The Hall–Kier alpha value is -5.30. The third-order valence-electron chi connectivity index (χ3n) is 6.87. The molecule has 0 bridgehead atoms. The number of hydrogen-bond donors (Lipinski definition) is 2. The number of amides is 1. The summed E-state index contributed by atoms with van der Waals surface area (Å²) in [7, 11) is 3.86. The number of pyridine rings is 1. The number of ether oxygens (including phenoxy) is 1. The standard InChI is InChI=1S/C35H32FN5O3/c1-41(2)16-8-15-32(42)39-29-14-7-12-26(18-29)30-22-44-35-33(30)34(27(19-37)20-38-35)40-31(25-10-4-3-5-11-25)23-43-21-24-9-6-13-28(36)17-24/h3-15,17-18,20,22,31H,16,21,23H2,1-2H3,(H,38,40)(H,39,42)/b15-8+/t31-/m1/s1. The van der Waals surface area contributed by atoms with Gasteiger partial charge in [0, 0.05) is 23.9 Å². The fourth-order valence-electron chi connectivity index (χ4n) is 4.77. The second kappa shape index (κ2) is 14.2. The van der Waals surface area contributed by atoms with Crippen molar-refractivity contribution in [3.63, 3.8) is 0 Å². The van der Waals surface area contributed by atoms with Crippen molar-refractivity contribution in [2.45, 2.75) is 12.6 Å². The number of anilines is 2. The molecule has 0 fully saturated rings. The Bertz CT molecular complexity index is 1810. The maximum absolute atomic E-state index is 13.7. The molecular weight excluding hydrogens is 557 g/mol. The molecule has 0 spiro atoms. The smallest absolute Gasteiger partial charge is 0.248 e. The number of aromatic nitrogens is 1. The molecule has 5 aromatic rings. The van der Waals surface area contributed by atoms with Crippen molar-refractivity contribution < 1.29 is 18.3 Å². The topological polar surface area (TPSA) is 103 Å². The summed E-state index contributed by atoms with van der Waals surface area (Å²) in [5.41, 5.74) is 5.00. The predicted molar refractivity (Wildman–Crippen MR) is 169 cm³/mol. The molecule has 0 unspecified atom stereocenters. The summed E-state index contributed by atoms with van der Waals surface area (Å²) < 4.78 is 25.6. The molecule has 0 aliphatic rings. The predicted octanol–water partition coefficient (Wildman–Crippen LogP) is 6.93. The molecule has 0 aliphatic carbocycles. The van der Waals surface area contributed by atoms with Gasteiger partial charge in [-0.15, -0.1) is 0 Å². The molecule has 0 saturated heterocycles. The summed E-state index contributed by atoms with van der Waals surface area (Å²) in [5.74, 6) is -0.556. The van der Waals surface area contributed by atoms with E-state index in [1.54, 1.807) is 18.4 Å². The van der Waals surface area contributed by atoms with E-state index in [2.05, 4.69) is 21.7 Å². The van der Waals surface area contributed by atoms with Gasteiger partial charge in [0.2, 0.25) is 11.6 Å². The molecule has 0 radical (unpaired) electrons. The van der Waals surface area contributed by atoms with Crippen LogP contribution < -0.4 is 10.6 Å². The number of furan rings is 1. The summed E-state index contributed by atoms with van der Waals surface area (Å²) in [5, 5.41) is 17.1. The van der Waals surface area contributed by atoms with E-state index in [9.17, 15) is 14.4 Å². The van der Waals surface area contributed by atoms with Crippen LogP contribution in [0.25, 0.3) is 22.2 Å². The number of hydrogen-bond acceptors (Lipinski definition) is 7.